The molecular weight excluding hydrogens is 257 g/mol. The van der Waals surface area contributed by atoms with E-state index < -0.39 is 31.8 Å². The van der Waals surface area contributed by atoms with Crippen molar-refractivity contribution in [1.29, 1.82) is 0 Å². The molecule has 0 aliphatic carbocycles. The van der Waals surface area contributed by atoms with Gasteiger partial charge >= 0.3 is 5.51 Å². The van der Waals surface area contributed by atoms with Crippen molar-refractivity contribution in [2.24, 2.45) is 0 Å². The second-order valence-electron chi connectivity index (χ2n) is 2.67. The smallest absolute Gasteiger partial charge is 0.258 e. The summed E-state index contributed by atoms with van der Waals surface area (Å²) in [7, 11) is -5.94. The molecule has 0 aliphatic heterocycles. The van der Waals surface area contributed by atoms with Gasteiger partial charge in [0.1, 0.15) is 0 Å². The molecule has 0 fully saturated rings. The van der Waals surface area contributed by atoms with Crippen LogP contribution in [0.25, 0.3) is 0 Å². The first-order valence-corrected chi connectivity index (χ1v) is 5.13. The van der Waals surface area contributed by atoms with Crippen molar-refractivity contribution in [3.63, 3.8) is 0 Å². The zero-order valence-electron chi connectivity index (χ0n) is 7.37. The number of hydrogen-bond donors (Lipinski definition) is 0. The fourth-order valence-electron chi connectivity index (χ4n) is 0.872. The van der Waals surface area contributed by atoms with Crippen molar-refractivity contribution in [2.45, 2.75) is 10.4 Å². The number of benzene rings is 1. The van der Waals surface area contributed by atoms with Crippen LogP contribution in [-0.4, -0.2) is 10.4 Å². The summed E-state index contributed by atoms with van der Waals surface area (Å²) in [6.45, 7) is 0. The van der Waals surface area contributed by atoms with Gasteiger partial charge in [0, 0.05) is 12.1 Å². The molecule has 0 aliphatic rings. The van der Waals surface area contributed by atoms with Crippen molar-refractivity contribution in [1.82, 2.24) is 0 Å². The highest BCUT2D eigenvalue weighted by atomic mass is 32.3. The molecule has 16 heavy (non-hydrogen) atoms. The molecule has 0 heterocycles. The van der Waals surface area contributed by atoms with Gasteiger partial charge in [-0.15, -0.1) is 7.77 Å². The molecule has 1 rings (SSSR count). The first-order chi connectivity index (χ1) is 7.16. The fourth-order valence-corrected chi connectivity index (χ4v) is 1.62. The SMILES string of the molecule is O=[N+]([O-])c1ccc(S(F)(F)C(F)(F)F)cc1. The normalized spacial score (nSPS) is 13.6. The first-order valence-electron chi connectivity index (χ1n) is 3.69. The van der Waals surface area contributed by atoms with Crippen molar-refractivity contribution in [3.05, 3.63) is 34.4 Å². The van der Waals surface area contributed by atoms with Crippen LogP contribution in [0, 0.1) is 10.1 Å². The Bertz CT molecular complexity index is 402. The Morgan fingerprint density at radius 2 is 1.56 bits per heavy atom. The van der Waals surface area contributed by atoms with Crippen molar-refractivity contribution < 1.29 is 25.9 Å². The van der Waals surface area contributed by atoms with Gasteiger partial charge in [-0.05, 0) is 12.1 Å². The number of alkyl halides is 3. The van der Waals surface area contributed by atoms with E-state index in [1.165, 1.54) is 0 Å². The number of nitro benzene ring substituents is 1. The lowest BCUT2D eigenvalue weighted by atomic mass is 10.3. The molecule has 0 aromatic heterocycles. The number of halogens is 5. The number of non-ortho nitro benzene ring substituents is 1. The predicted molar refractivity (Wildman–Crippen MR) is 47.2 cm³/mol. The Kier molecular flexibility index (Phi) is 3.08. The second-order valence-corrected chi connectivity index (χ2v) is 4.54. The van der Waals surface area contributed by atoms with Gasteiger partial charge in [-0.3, -0.25) is 10.1 Å². The van der Waals surface area contributed by atoms with Gasteiger partial charge in [0.2, 0.25) is 0 Å². The Morgan fingerprint density at radius 3 is 1.88 bits per heavy atom. The molecule has 0 atom stereocenters. The van der Waals surface area contributed by atoms with Crippen LogP contribution in [0.15, 0.2) is 29.2 Å². The summed E-state index contributed by atoms with van der Waals surface area (Å²) in [5.41, 5.74) is -6.18. The summed E-state index contributed by atoms with van der Waals surface area (Å²) in [6, 6.07) is 2.06. The van der Waals surface area contributed by atoms with Gasteiger partial charge in [-0.1, -0.05) is 0 Å². The highest BCUT2D eigenvalue weighted by Crippen LogP contribution is 2.70. The Hall–Kier alpha value is -1.38. The number of nitro groups is 1. The van der Waals surface area contributed by atoms with Gasteiger partial charge in [-0.25, -0.2) is 0 Å². The zero-order valence-corrected chi connectivity index (χ0v) is 8.19. The fraction of sp³-hybridized carbons (Fsp3) is 0.143. The van der Waals surface area contributed by atoms with Gasteiger partial charge in [0.15, 0.2) is 10.8 Å². The summed E-state index contributed by atoms with van der Waals surface area (Å²) in [5, 5.41) is 10.2. The van der Waals surface area contributed by atoms with Crippen LogP contribution in [-0.2, 0) is 0 Å². The lowest BCUT2D eigenvalue weighted by molar-refractivity contribution is -0.384. The van der Waals surface area contributed by atoms with Crippen LogP contribution in [0.1, 0.15) is 0 Å². The monoisotopic (exact) mass is 261 g/mol. The van der Waals surface area contributed by atoms with E-state index in [4.69, 9.17) is 0 Å². The number of hydrogen-bond acceptors (Lipinski definition) is 2. The van der Waals surface area contributed by atoms with Crippen molar-refractivity contribution in [3.8, 4) is 0 Å². The molecular formula is C7H4F5NO2S. The van der Waals surface area contributed by atoms with Crippen LogP contribution >= 0.6 is 10.8 Å². The van der Waals surface area contributed by atoms with Gasteiger partial charge in [-0.2, -0.15) is 13.2 Å². The average Bonchev–Trinajstić information content (AvgIpc) is 2.16. The highest BCUT2D eigenvalue weighted by Gasteiger charge is 2.54. The highest BCUT2D eigenvalue weighted by molar-refractivity contribution is 8.26. The Labute approximate surface area is 87.9 Å². The van der Waals surface area contributed by atoms with Crippen LogP contribution in [0.3, 0.4) is 0 Å². The van der Waals surface area contributed by atoms with E-state index in [1.807, 2.05) is 0 Å². The molecule has 1 aromatic carbocycles. The summed E-state index contributed by atoms with van der Waals surface area (Å²) in [5.74, 6) is 0. The summed E-state index contributed by atoms with van der Waals surface area (Å²) in [6.07, 6.45) is 0. The quantitative estimate of drug-likeness (QED) is 0.458. The van der Waals surface area contributed by atoms with E-state index in [9.17, 15) is 31.1 Å². The van der Waals surface area contributed by atoms with Crippen molar-refractivity contribution in [2.75, 3.05) is 0 Å². The average molecular weight is 261 g/mol. The molecule has 0 amide bonds. The van der Waals surface area contributed by atoms with Crippen LogP contribution in [0.4, 0.5) is 26.6 Å². The standard InChI is InChI=1S/C7H4F5NO2S/c8-7(9,10)16(11,12)6-3-1-5(2-4-6)13(14)15/h1-4H. The minimum absolute atomic E-state index is 0.418. The maximum absolute atomic E-state index is 12.8. The molecule has 0 saturated carbocycles. The topological polar surface area (TPSA) is 43.1 Å². The molecule has 3 nitrogen and oxygen atoms in total. The third kappa shape index (κ3) is 2.23. The van der Waals surface area contributed by atoms with Crippen LogP contribution < -0.4 is 0 Å². The van der Waals surface area contributed by atoms with E-state index in [2.05, 4.69) is 0 Å². The van der Waals surface area contributed by atoms with Crippen LogP contribution in [0.2, 0.25) is 0 Å². The summed E-state index contributed by atoms with van der Waals surface area (Å²) in [4.78, 5) is 8.03. The molecule has 9 heteroatoms. The van der Waals surface area contributed by atoms with E-state index >= 15 is 0 Å². The minimum Gasteiger partial charge on any atom is -0.258 e. The van der Waals surface area contributed by atoms with Gasteiger partial charge in [0.25, 0.3) is 5.69 Å². The third-order valence-corrected chi connectivity index (χ3v) is 3.08. The molecule has 0 N–H and O–H groups in total. The van der Waals surface area contributed by atoms with E-state index in [-0.39, 0.29) is 0 Å². The Morgan fingerprint density at radius 1 is 1.12 bits per heavy atom. The molecule has 0 unspecified atom stereocenters. The molecule has 1 aromatic rings. The maximum Gasteiger partial charge on any atom is 0.482 e. The van der Waals surface area contributed by atoms with Gasteiger partial charge in [0.05, 0.1) is 9.82 Å². The Balaban J connectivity index is 3.11. The van der Waals surface area contributed by atoms with Gasteiger partial charge < -0.3 is 0 Å². The number of rotatable bonds is 2. The zero-order chi connectivity index (χ0) is 12.6. The van der Waals surface area contributed by atoms with Crippen molar-refractivity contribution >= 4 is 16.5 Å². The second kappa shape index (κ2) is 3.89. The lowest BCUT2D eigenvalue weighted by Crippen LogP contribution is -2.12. The third-order valence-electron chi connectivity index (χ3n) is 1.63. The molecule has 0 bridgehead atoms. The molecule has 0 saturated heterocycles. The summed E-state index contributed by atoms with van der Waals surface area (Å²) < 4.78 is 61.4. The van der Waals surface area contributed by atoms with E-state index in [0.717, 1.165) is 0 Å². The maximum atomic E-state index is 12.8. The van der Waals surface area contributed by atoms with E-state index in [0.29, 0.717) is 24.3 Å². The largest absolute Gasteiger partial charge is 0.482 e. The lowest BCUT2D eigenvalue weighted by Gasteiger charge is -2.23. The number of nitrogens with zero attached hydrogens (tertiary/aromatic N) is 1. The molecule has 90 valence electrons. The molecule has 0 spiro atoms. The molecule has 0 radical (unpaired) electrons. The first kappa shape index (κ1) is 12.7. The minimum atomic E-state index is -5.94. The summed E-state index contributed by atoms with van der Waals surface area (Å²) >= 11 is 0. The van der Waals surface area contributed by atoms with Crippen LogP contribution in [0.5, 0.6) is 0 Å². The van der Waals surface area contributed by atoms with E-state index in [1.54, 1.807) is 0 Å². The predicted octanol–water partition coefficient (Wildman–Crippen LogP) is 4.05.